The van der Waals surface area contributed by atoms with Crippen LogP contribution in [0.4, 0.5) is 4.79 Å². The predicted molar refractivity (Wildman–Crippen MR) is 115 cm³/mol. The lowest BCUT2D eigenvalue weighted by Gasteiger charge is -2.38. The first-order valence-corrected chi connectivity index (χ1v) is 11.1. The molecule has 2 amide bonds. The highest BCUT2D eigenvalue weighted by molar-refractivity contribution is 9.10. The highest BCUT2D eigenvalue weighted by Crippen LogP contribution is 2.35. The zero-order valence-corrected chi connectivity index (χ0v) is 19.1. The fourth-order valence-electron chi connectivity index (χ4n) is 4.10. The van der Waals surface area contributed by atoms with Gasteiger partial charge in [0.05, 0.1) is 0 Å². The van der Waals surface area contributed by atoms with Crippen molar-refractivity contribution in [3.8, 4) is 0 Å². The van der Waals surface area contributed by atoms with Gasteiger partial charge in [0, 0.05) is 36.2 Å². The molecule has 0 saturated carbocycles. The average molecular weight is 467 g/mol. The van der Waals surface area contributed by atoms with Crippen LogP contribution in [-0.4, -0.2) is 54.8 Å². The smallest absolute Gasteiger partial charge is 0.410 e. The highest BCUT2D eigenvalue weighted by Gasteiger charge is 2.39. The summed E-state index contributed by atoms with van der Waals surface area (Å²) in [6.45, 7) is 7.95. The first-order chi connectivity index (χ1) is 13.7. The number of likely N-dealkylation sites (tertiary alicyclic amines) is 1. The van der Waals surface area contributed by atoms with Gasteiger partial charge < -0.3 is 14.8 Å². The van der Waals surface area contributed by atoms with Crippen LogP contribution >= 0.6 is 15.9 Å². The Balaban J connectivity index is 1.69. The van der Waals surface area contributed by atoms with E-state index in [-0.39, 0.29) is 11.3 Å². The van der Waals surface area contributed by atoms with Crippen LogP contribution in [-0.2, 0) is 19.7 Å². The van der Waals surface area contributed by atoms with Crippen molar-refractivity contribution in [2.75, 3.05) is 26.3 Å². The lowest BCUT2D eigenvalue weighted by Crippen LogP contribution is -2.51. The van der Waals surface area contributed by atoms with E-state index in [1.54, 1.807) is 4.90 Å². The minimum atomic E-state index is -0.576. The Morgan fingerprint density at radius 1 is 1.31 bits per heavy atom. The van der Waals surface area contributed by atoms with Gasteiger partial charge in [0.2, 0.25) is 5.91 Å². The number of nitrogens with one attached hydrogen (secondary N) is 1. The lowest BCUT2D eigenvalue weighted by molar-refractivity contribution is -0.126. The van der Waals surface area contributed by atoms with Gasteiger partial charge in [-0.1, -0.05) is 28.1 Å². The molecule has 1 N–H and O–H groups in total. The number of amides is 2. The zero-order chi connectivity index (χ0) is 21.1. The van der Waals surface area contributed by atoms with E-state index < -0.39 is 17.7 Å². The molecule has 0 bridgehead atoms. The molecule has 2 saturated heterocycles. The molecule has 29 heavy (non-hydrogen) atoms. The van der Waals surface area contributed by atoms with Gasteiger partial charge in [0.1, 0.15) is 11.6 Å². The number of carbonyl (C=O) groups is 2. The van der Waals surface area contributed by atoms with E-state index in [9.17, 15) is 9.59 Å². The largest absolute Gasteiger partial charge is 0.444 e. The number of hydrogen-bond donors (Lipinski definition) is 1. The molecule has 2 fully saturated rings. The predicted octanol–water partition coefficient (Wildman–Crippen LogP) is 4.01. The number of nitrogens with zero attached hydrogens (tertiary/aromatic N) is 1. The van der Waals surface area contributed by atoms with Gasteiger partial charge in [0.15, 0.2) is 0 Å². The number of halogens is 1. The molecule has 0 spiro atoms. The van der Waals surface area contributed by atoms with Crippen LogP contribution in [0.1, 0.15) is 52.0 Å². The van der Waals surface area contributed by atoms with Crippen LogP contribution in [0.5, 0.6) is 0 Å². The van der Waals surface area contributed by atoms with Crippen molar-refractivity contribution in [2.24, 2.45) is 0 Å². The third-order valence-corrected chi connectivity index (χ3v) is 6.16. The molecule has 1 aromatic rings. The summed E-state index contributed by atoms with van der Waals surface area (Å²) in [7, 11) is 0. The molecule has 3 rings (SSSR count). The number of hydrogen-bond acceptors (Lipinski definition) is 4. The fourth-order valence-corrected chi connectivity index (χ4v) is 4.50. The standard InChI is InChI=1S/C22H31BrN2O4/c1-21(2,3)29-20(27)25-11-5-8-18(25)19(26)24-15-22(9-12-28-13-10-22)16-6-4-7-17(23)14-16/h4,6-7,14,18H,5,8-13,15H2,1-3H3,(H,24,26)/t18-/m0/s1. The Morgan fingerprint density at radius 3 is 2.69 bits per heavy atom. The van der Waals surface area contributed by atoms with Crippen LogP contribution in [0.15, 0.2) is 28.7 Å². The minimum absolute atomic E-state index is 0.103. The summed E-state index contributed by atoms with van der Waals surface area (Å²) in [5.41, 5.74) is 0.464. The van der Waals surface area contributed by atoms with Gasteiger partial charge in [-0.25, -0.2) is 4.79 Å². The average Bonchev–Trinajstić information content (AvgIpc) is 3.16. The van der Waals surface area contributed by atoms with Crippen molar-refractivity contribution >= 4 is 27.9 Å². The Bertz CT molecular complexity index is 741. The van der Waals surface area contributed by atoms with E-state index in [1.165, 1.54) is 5.56 Å². The van der Waals surface area contributed by atoms with Crippen LogP contribution in [0.2, 0.25) is 0 Å². The topological polar surface area (TPSA) is 67.9 Å². The Morgan fingerprint density at radius 2 is 2.03 bits per heavy atom. The van der Waals surface area contributed by atoms with Gasteiger partial charge in [-0.05, 0) is 64.2 Å². The molecule has 1 atom stereocenters. The Hall–Kier alpha value is -1.60. The normalized spacial score (nSPS) is 21.7. The number of benzene rings is 1. The molecular formula is C22H31BrN2O4. The Kier molecular flexibility index (Phi) is 6.89. The van der Waals surface area contributed by atoms with Crippen molar-refractivity contribution in [2.45, 2.75) is 63.5 Å². The molecule has 7 heteroatoms. The summed E-state index contributed by atoms with van der Waals surface area (Å²) < 4.78 is 12.1. The second-order valence-electron chi connectivity index (χ2n) is 8.95. The van der Waals surface area contributed by atoms with Crippen LogP contribution in [0.3, 0.4) is 0 Å². The number of ether oxygens (including phenoxy) is 2. The molecule has 2 heterocycles. The SMILES string of the molecule is CC(C)(C)OC(=O)N1CCC[C@H]1C(=O)NCC1(c2cccc(Br)c2)CCOCC1. The highest BCUT2D eigenvalue weighted by atomic mass is 79.9. The summed E-state index contributed by atoms with van der Waals surface area (Å²) in [6.07, 6.45) is 2.76. The summed E-state index contributed by atoms with van der Waals surface area (Å²) >= 11 is 3.56. The molecule has 0 unspecified atom stereocenters. The maximum Gasteiger partial charge on any atom is 0.410 e. The zero-order valence-electron chi connectivity index (χ0n) is 17.5. The minimum Gasteiger partial charge on any atom is -0.444 e. The molecular weight excluding hydrogens is 436 g/mol. The van der Waals surface area contributed by atoms with E-state index >= 15 is 0 Å². The molecule has 160 valence electrons. The summed E-state index contributed by atoms with van der Waals surface area (Å²) in [6, 6.07) is 7.81. The monoisotopic (exact) mass is 466 g/mol. The van der Waals surface area contributed by atoms with Gasteiger partial charge in [0.25, 0.3) is 0 Å². The van der Waals surface area contributed by atoms with Crippen LogP contribution < -0.4 is 5.32 Å². The second-order valence-corrected chi connectivity index (χ2v) is 9.87. The Labute approximate surface area is 181 Å². The molecule has 0 aliphatic carbocycles. The second kappa shape index (κ2) is 9.04. The summed E-state index contributed by atoms with van der Waals surface area (Å²) in [5.74, 6) is -0.103. The van der Waals surface area contributed by atoms with Crippen molar-refractivity contribution in [3.63, 3.8) is 0 Å². The molecule has 6 nitrogen and oxygen atoms in total. The molecule has 2 aliphatic rings. The molecule has 0 radical (unpaired) electrons. The first-order valence-electron chi connectivity index (χ1n) is 10.3. The fraction of sp³-hybridized carbons (Fsp3) is 0.636. The summed E-state index contributed by atoms with van der Waals surface area (Å²) in [4.78, 5) is 27.1. The van der Waals surface area contributed by atoms with E-state index in [0.717, 1.165) is 23.7 Å². The van der Waals surface area contributed by atoms with Crippen molar-refractivity contribution in [1.29, 1.82) is 0 Å². The van der Waals surface area contributed by atoms with E-state index in [2.05, 4.69) is 33.4 Å². The van der Waals surface area contributed by atoms with Gasteiger partial charge in [-0.2, -0.15) is 0 Å². The molecule has 2 aliphatic heterocycles. The van der Waals surface area contributed by atoms with E-state index in [0.29, 0.717) is 32.7 Å². The third kappa shape index (κ3) is 5.51. The summed E-state index contributed by atoms with van der Waals surface area (Å²) in [5, 5.41) is 3.14. The van der Waals surface area contributed by atoms with Gasteiger partial charge >= 0.3 is 6.09 Å². The van der Waals surface area contributed by atoms with Crippen molar-refractivity contribution in [3.05, 3.63) is 34.3 Å². The molecule has 0 aromatic heterocycles. The van der Waals surface area contributed by atoms with Crippen LogP contribution in [0, 0.1) is 0 Å². The first kappa shape index (κ1) is 22.1. The maximum absolute atomic E-state index is 13.0. The number of rotatable bonds is 4. The van der Waals surface area contributed by atoms with Crippen molar-refractivity contribution in [1.82, 2.24) is 10.2 Å². The molecule has 1 aromatic carbocycles. The third-order valence-electron chi connectivity index (χ3n) is 5.67. The van der Waals surface area contributed by atoms with Gasteiger partial charge in [-0.3, -0.25) is 9.69 Å². The maximum atomic E-state index is 13.0. The number of carbonyl (C=O) groups excluding carboxylic acids is 2. The van der Waals surface area contributed by atoms with Gasteiger partial charge in [-0.15, -0.1) is 0 Å². The van der Waals surface area contributed by atoms with Crippen molar-refractivity contribution < 1.29 is 19.1 Å². The van der Waals surface area contributed by atoms with E-state index in [1.807, 2.05) is 32.9 Å². The van der Waals surface area contributed by atoms with Crippen LogP contribution in [0.25, 0.3) is 0 Å². The van der Waals surface area contributed by atoms with E-state index in [4.69, 9.17) is 9.47 Å². The lowest BCUT2D eigenvalue weighted by atomic mass is 9.74. The quantitative estimate of drug-likeness (QED) is 0.727.